The van der Waals surface area contributed by atoms with Crippen LogP contribution in [0.1, 0.15) is 58.2 Å². The molecule has 0 saturated carbocycles. The van der Waals surface area contributed by atoms with Crippen molar-refractivity contribution in [3.63, 3.8) is 0 Å². The lowest BCUT2D eigenvalue weighted by atomic mass is 9.82. The van der Waals surface area contributed by atoms with Gasteiger partial charge in [0, 0.05) is 30.6 Å². The average Bonchev–Trinajstić information content (AvgIpc) is 3.22. The van der Waals surface area contributed by atoms with Crippen molar-refractivity contribution in [2.24, 2.45) is 5.92 Å². The second-order valence-electron chi connectivity index (χ2n) is 6.69. The summed E-state index contributed by atoms with van der Waals surface area (Å²) in [4.78, 5) is 0. The van der Waals surface area contributed by atoms with Gasteiger partial charge in [0.2, 0.25) is 0 Å². The van der Waals surface area contributed by atoms with Crippen molar-refractivity contribution in [3.8, 4) is 0 Å². The first-order valence-electron chi connectivity index (χ1n) is 8.64. The van der Waals surface area contributed by atoms with E-state index in [0.29, 0.717) is 30.2 Å². The minimum Gasteiger partial charge on any atom is -0.375 e. The third kappa shape index (κ3) is 3.16. The minimum atomic E-state index is 0.482. The van der Waals surface area contributed by atoms with Crippen LogP contribution in [0.15, 0.2) is 12.3 Å². The molecule has 1 aromatic rings. The van der Waals surface area contributed by atoms with Crippen LogP contribution in [-0.4, -0.2) is 34.6 Å². The van der Waals surface area contributed by atoms with Crippen LogP contribution in [0.2, 0.25) is 0 Å². The number of nitrogens with one attached hydrogen (secondary N) is 1. The van der Waals surface area contributed by atoms with Crippen molar-refractivity contribution in [2.45, 2.75) is 77.2 Å². The van der Waals surface area contributed by atoms with Crippen LogP contribution in [0, 0.1) is 5.92 Å². The molecule has 4 heteroatoms. The summed E-state index contributed by atoms with van der Waals surface area (Å²) >= 11 is 0. The first kappa shape index (κ1) is 15.0. The van der Waals surface area contributed by atoms with Crippen LogP contribution in [0.3, 0.4) is 0 Å². The Balaban J connectivity index is 1.66. The largest absolute Gasteiger partial charge is 0.375 e. The molecule has 1 N–H and O–H groups in total. The Morgan fingerprint density at radius 3 is 2.90 bits per heavy atom. The predicted molar refractivity (Wildman–Crippen MR) is 84.4 cm³/mol. The van der Waals surface area contributed by atoms with Crippen molar-refractivity contribution in [1.29, 1.82) is 0 Å². The summed E-state index contributed by atoms with van der Waals surface area (Å²) in [6.45, 7) is 7.64. The Morgan fingerprint density at radius 1 is 1.43 bits per heavy atom. The third-order valence-electron chi connectivity index (χ3n) is 5.27. The zero-order valence-corrected chi connectivity index (χ0v) is 13.6. The number of rotatable bonds is 7. The van der Waals surface area contributed by atoms with Crippen LogP contribution in [0.4, 0.5) is 0 Å². The zero-order chi connectivity index (χ0) is 14.8. The Kier molecular flexibility index (Phi) is 4.65. The van der Waals surface area contributed by atoms with E-state index in [2.05, 4.69) is 43.0 Å². The highest BCUT2D eigenvalue weighted by molar-refractivity contribution is 5.05. The lowest BCUT2D eigenvalue weighted by Crippen LogP contribution is -2.42. The monoisotopic (exact) mass is 291 g/mol. The Morgan fingerprint density at radius 2 is 2.29 bits per heavy atom. The fraction of sp³-hybridized carbons (Fsp3) is 0.824. The summed E-state index contributed by atoms with van der Waals surface area (Å²) in [6, 6.07) is 3.18. The topological polar surface area (TPSA) is 39.1 Å². The van der Waals surface area contributed by atoms with E-state index in [1.165, 1.54) is 25.0 Å². The van der Waals surface area contributed by atoms with Gasteiger partial charge in [-0.25, -0.2) is 0 Å². The van der Waals surface area contributed by atoms with Gasteiger partial charge in [0.1, 0.15) is 0 Å². The van der Waals surface area contributed by atoms with Crippen LogP contribution in [0.25, 0.3) is 0 Å². The van der Waals surface area contributed by atoms with Crippen LogP contribution in [-0.2, 0) is 11.2 Å². The van der Waals surface area contributed by atoms with Gasteiger partial charge in [0.05, 0.1) is 17.9 Å². The molecule has 4 nitrogen and oxygen atoms in total. The van der Waals surface area contributed by atoms with Gasteiger partial charge in [0.15, 0.2) is 0 Å². The SMILES string of the molecule is CCNC(Cc1ccn(C(C)CC)n1)C1CC2CCC1O2. The zero-order valence-electron chi connectivity index (χ0n) is 13.6. The van der Waals surface area contributed by atoms with E-state index in [1.807, 2.05) is 0 Å². The molecule has 5 atom stereocenters. The number of hydrogen-bond donors (Lipinski definition) is 1. The van der Waals surface area contributed by atoms with E-state index >= 15 is 0 Å². The van der Waals surface area contributed by atoms with Crippen molar-refractivity contribution < 1.29 is 4.74 Å². The fourth-order valence-electron chi connectivity index (χ4n) is 3.88. The van der Waals surface area contributed by atoms with Gasteiger partial charge in [-0.3, -0.25) is 4.68 Å². The molecule has 1 aromatic heterocycles. The van der Waals surface area contributed by atoms with E-state index in [4.69, 9.17) is 9.84 Å². The molecule has 5 unspecified atom stereocenters. The highest BCUT2D eigenvalue weighted by atomic mass is 16.5. The van der Waals surface area contributed by atoms with E-state index < -0.39 is 0 Å². The lowest BCUT2D eigenvalue weighted by molar-refractivity contribution is 0.0857. The van der Waals surface area contributed by atoms with Gasteiger partial charge >= 0.3 is 0 Å². The number of likely N-dealkylation sites (N-methyl/N-ethyl adjacent to an activating group) is 1. The first-order valence-corrected chi connectivity index (χ1v) is 8.64. The van der Waals surface area contributed by atoms with E-state index in [9.17, 15) is 0 Å². The van der Waals surface area contributed by atoms with Crippen molar-refractivity contribution in [1.82, 2.24) is 15.1 Å². The molecule has 0 radical (unpaired) electrons. The maximum atomic E-state index is 6.05. The Labute approximate surface area is 128 Å². The van der Waals surface area contributed by atoms with Gasteiger partial charge in [-0.2, -0.15) is 5.10 Å². The van der Waals surface area contributed by atoms with E-state index in [1.54, 1.807) is 0 Å². The fourth-order valence-corrected chi connectivity index (χ4v) is 3.88. The van der Waals surface area contributed by atoms with Crippen LogP contribution >= 0.6 is 0 Å². The van der Waals surface area contributed by atoms with Crippen molar-refractivity contribution >= 4 is 0 Å². The maximum Gasteiger partial charge on any atom is 0.0640 e. The molecular formula is C17H29N3O. The second-order valence-corrected chi connectivity index (χ2v) is 6.69. The minimum absolute atomic E-state index is 0.482. The molecule has 0 aromatic carbocycles. The first-order chi connectivity index (χ1) is 10.2. The van der Waals surface area contributed by atoms with E-state index in [-0.39, 0.29) is 0 Å². The Hall–Kier alpha value is -0.870. The molecule has 0 amide bonds. The number of ether oxygens (including phenoxy) is 1. The molecule has 21 heavy (non-hydrogen) atoms. The normalized spacial score (nSPS) is 30.7. The van der Waals surface area contributed by atoms with Crippen LogP contribution < -0.4 is 5.32 Å². The van der Waals surface area contributed by atoms with Gasteiger partial charge < -0.3 is 10.1 Å². The molecule has 2 bridgehead atoms. The quantitative estimate of drug-likeness (QED) is 0.839. The highest BCUT2D eigenvalue weighted by Gasteiger charge is 2.44. The molecule has 0 aliphatic carbocycles. The number of aromatic nitrogens is 2. The molecule has 2 fully saturated rings. The van der Waals surface area contributed by atoms with Crippen molar-refractivity contribution in [3.05, 3.63) is 18.0 Å². The van der Waals surface area contributed by atoms with Crippen LogP contribution in [0.5, 0.6) is 0 Å². The molecule has 2 aliphatic heterocycles. The van der Waals surface area contributed by atoms with E-state index in [0.717, 1.165) is 19.4 Å². The van der Waals surface area contributed by atoms with Gasteiger partial charge in [-0.05, 0) is 45.2 Å². The summed E-state index contributed by atoms with van der Waals surface area (Å²) in [5.41, 5.74) is 1.21. The summed E-state index contributed by atoms with van der Waals surface area (Å²) in [5.74, 6) is 0.664. The predicted octanol–water partition coefficient (Wildman–Crippen LogP) is 2.94. The molecule has 118 valence electrons. The lowest BCUT2D eigenvalue weighted by Gasteiger charge is -2.28. The number of nitrogens with zero attached hydrogens (tertiary/aromatic N) is 2. The van der Waals surface area contributed by atoms with Crippen molar-refractivity contribution in [2.75, 3.05) is 6.54 Å². The molecule has 2 aliphatic rings. The van der Waals surface area contributed by atoms with Gasteiger partial charge in [0.25, 0.3) is 0 Å². The number of fused-ring (bicyclic) bond motifs is 2. The number of hydrogen-bond acceptors (Lipinski definition) is 3. The van der Waals surface area contributed by atoms with Gasteiger partial charge in [-0.15, -0.1) is 0 Å². The second kappa shape index (κ2) is 6.49. The smallest absolute Gasteiger partial charge is 0.0640 e. The maximum absolute atomic E-state index is 6.05. The average molecular weight is 291 g/mol. The molecule has 0 spiro atoms. The standard InChI is InChI=1S/C17H29N3O/c1-4-12(3)20-9-8-13(19-20)10-16(18-5-2)15-11-14-6-7-17(15)21-14/h8-9,12,14-18H,4-7,10-11H2,1-3H3. The van der Waals surface area contributed by atoms with Gasteiger partial charge in [-0.1, -0.05) is 13.8 Å². The summed E-state index contributed by atoms with van der Waals surface area (Å²) in [5, 5.41) is 8.45. The highest BCUT2D eigenvalue weighted by Crippen LogP contribution is 2.41. The molecule has 3 heterocycles. The molecular weight excluding hydrogens is 262 g/mol. The third-order valence-corrected chi connectivity index (χ3v) is 5.27. The molecule has 2 saturated heterocycles. The summed E-state index contributed by atoms with van der Waals surface area (Å²) in [7, 11) is 0. The Bertz CT molecular complexity index is 459. The summed E-state index contributed by atoms with van der Waals surface area (Å²) < 4.78 is 8.15. The molecule has 3 rings (SSSR count). The summed E-state index contributed by atoms with van der Waals surface area (Å²) in [6.07, 6.45) is 9.03.